The van der Waals surface area contributed by atoms with Crippen LogP contribution >= 0.6 is 11.6 Å². The van der Waals surface area contributed by atoms with Crippen molar-refractivity contribution >= 4 is 11.6 Å². The lowest BCUT2D eigenvalue weighted by Gasteiger charge is -2.10. The van der Waals surface area contributed by atoms with Crippen LogP contribution in [0.15, 0.2) is 24.4 Å². The summed E-state index contributed by atoms with van der Waals surface area (Å²) >= 11 is 6.09. The SMILES string of the molecule is COc1ccc(-c2c(Cl)cnn2C)cc1OC. The topological polar surface area (TPSA) is 36.3 Å². The normalized spacial score (nSPS) is 10.4. The maximum Gasteiger partial charge on any atom is 0.161 e. The first kappa shape index (κ1) is 11.8. The molecule has 0 saturated heterocycles. The van der Waals surface area contributed by atoms with E-state index in [0.717, 1.165) is 11.3 Å². The maximum atomic E-state index is 6.09. The van der Waals surface area contributed by atoms with Crippen molar-refractivity contribution in [3.63, 3.8) is 0 Å². The van der Waals surface area contributed by atoms with E-state index in [1.807, 2.05) is 25.2 Å². The van der Waals surface area contributed by atoms with E-state index in [1.54, 1.807) is 25.1 Å². The van der Waals surface area contributed by atoms with E-state index >= 15 is 0 Å². The zero-order valence-electron chi connectivity index (χ0n) is 9.90. The molecule has 0 aliphatic heterocycles. The lowest BCUT2D eigenvalue weighted by Crippen LogP contribution is -1.95. The summed E-state index contributed by atoms with van der Waals surface area (Å²) in [6.07, 6.45) is 1.62. The first-order valence-corrected chi connectivity index (χ1v) is 5.45. The molecule has 0 N–H and O–H groups in total. The molecule has 1 aromatic heterocycles. The highest BCUT2D eigenvalue weighted by Crippen LogP contribution is 2.34. The Morgan fingerprint density at radius 3 is 2.41 bits per heavy atom. The summed E-state index contributed by atoms with van der Waals surface area (Å²) < 4.78 is 12.2. The lowest BCUT2D eigenvalue weighted by molar-refractivity contribution is 0.355. The molecule has 0 radical (unpaired) electrons. The Bertz CT molecular complexity index is 518. The summed E-state index contributed by atoms with van der Waals surface area (Å²) in [5, 5.41) is 4.71. The molecule has 0 aliphatic carbocycles. The van der Waals surface area contributed by atoms with Gasteiger partial charge in [0.15, 0.2) is 11.5 Å². The largest absolute Gasteiger partial charge is 0.493 e. The van der Waals surface area contributed by atoms with Gasteiger partial charge in [-0.25, -0.2) is 0 Å². The molecule has 0 unspecified atom stereocenters. The highest BCUT2D eigenvalue weighted by Gasteiger charge is 2.12. The fourth-order valence-corrected chi connectivity index (χ4v) is 1.99. The molecule has 0 saturated carbocycles. The molecule has 0 bridgehead atoms. The predicted molar refractivity (Wildman–Crippen MR) is 66.8 cm³/mol. The summed E-state index contributed by atoms with van der Waals surface area (Å²) in [4.78, 5) is 0. The average Bonchev–Trinajstić information content (AvgIpc) is 2.68. The van der Waals surface area contributed by atoms with Gasteiger partial charge in [0.05, 0.1) is 31.1 Å². The van der Waals surface area contributed by atoms with Gasteiger partial charge in [0.2, 0.25) is 0 Å². The quantitative estimate of drug-likeness (QED) is 0.843. The Labute approximate surface area is 105 Å². The average molecular weight is 253 g/mol. The lowest BCUT2D eigenvalue weighted by atomic mass is 10.1. The van der Waals surface area contributed by atoms with Crippen molar-refractivity contribution < 1.29 is 9.47 Å². The Morgan fingerprint density at radius 1 is 1.18 bits per heavy atom. The van der Waals surface area contributed by atoms with Gasteiger partial charge in [-0.3, -0.25) is 4.68 Å². The molecule has 1 heterocycles. The summed E-state index contributed by atoms with van der Waals surface area (Å²) in [5.41, 5.74) is 1.79. The van der Waals surface area contributed by atoms with Crippen LogP contribution in [-0.2, 0) is 7.05 Å². The highest BCUT2D eigenvalue weighted by molar-refractivity contribution is 6.33. The van der Waals surface area contributed by atoms with Crippen LogP contribution < -0.4 is 9.47 Å². The number of hydrogen-bond acceptors (Lipinski definition) is 3. The molecule has 17 heavy (non-hydrogen) atoms. The highest BCUT2D eigenvalue weighted by atomic mass is 35.5. The number of ether oxygens (including phenoxy) is 2. The zero-order chi connectivity index (χ0) is 12.4. The van der Waals surface area contributed by atoms with E-state index in [1.165, 1.54) is 0 Å². The van der Waals surface area contributed by atoms with Crippen molar-refractivity contribution in [2.45, 2.75) is 0 Å². The van der Waals surface area contributed by atoms with Crippen LogP contribution in [0.4, 0.5) is 0 Å². The third-order valence-corrected chi connectivity index (χ3v) is 2.83. The first-order valence-electron chi connectivity index (χ1n) is 5.07. The van der Waals surface area contributed by atoms with Crippen molar-refractivity contribution in [2.75, 3.05) is 14.2 Å². The minimum absolute atomic E-state index is 0.611. The van der Waals surface area contributed by atoms with Crippen molar-refractivity contribution in [1.82, 2.24) is 9.78 Å². The molecule has 90 valence electrons. The smallest absolute Gasteiger partial charge is 0.161 e. The van der Waals surface area contributed by atoms with Gasteiger partial charge in [-0.15, -0.1) is 0 Å². The Morgan fingerprint density at radius 2 is 1.88 bits per heavy atom. The Hall–Kier alpha value is -1.68. The van der Waals surface area contributed by atoms with Crippen molar-refractivity contribution in [2.24, 2.45) is 7.05 Å². The van der Waals surface area contributed by atoms with E-state index in [9.17, 15) is 0 Å². The number of benzene rings is 1. The summed E-state index contributed by atoms with van der Waals surface area (Å²) in [6.45, 7) is 0. The van der Waals surface area contributed by atoms with E-state index in [2.05, 4.69) is 5.10 Å². The number of aromatic nitrogens is 2. The standard InChI is InChI=1S/C12H13ClN2O2/c1-15-12(9(13)7-14-15)8-4-5-10(16-2)11(6-8)17-3/h4-7H,1-3H3. The molecule has 0 spiro atoms. The third-order valence-electron chi connectivity index (χ3n) is 2.55. The maximum absolute atomic E-state index is 6.09. The Balaban J connectivity index is 2.54. The number of nitrogens with zero attached hydrogens (tertiary/aromatic N) is 2. The molecular weight excluding hydrogens is 240 g/mol. The molecule has 0 fully saturated rings. The zero-order valence-corrected chi connectivity index (χ0v) is 10.7. The summed E-state index contributed by atoms with van der Waals surface area (Å²) in [7, 11) is 5.05. The van der Waals surface area contributed by atoms with Gasteiger partial charge in [0.25, 0.3) is 0 Å². The Kier molecular flexibility index (Phi) is 3.24. The molecule has 2 aromatic rings. The van der Waals surface area contributed by atoms with Crippen LogP contribution in [-0.4, -0.2) is 24.0 Å². The molecule has 0 aliphatic rings. The van der Waals surface area contributed by atoms with E-state index in [0.29, 0.717) is 16.5 Å². The predicted octanol–water partition coefficient (Wildman–Crippen LogP) is 2.76. The molecule has 4 nitrogen and oxygen atoms in total. The molecule has 0 amide bonds. The van der Waals surface area contributed by atoms with Crippen molar-refractivity contribution in [1.29, 1.82) is 0 Å². The monoisotopic (exact) mass is 252 g/mol. The van der Waals surface area contributed by atoms with E-state index in [-0.39, 0.29) is 0 Å². The van der Waals surface area contributed by atoms with Crippen LogP contribution in [0.5, 0.6) is 11.5 Å². The van der Waals surface area contributed by atoms with Gasteiger partial charge in [-0.05, 0) is 18.2 Å². The fraction of sp³-hybridized carbons (Fsp3) is 0.250. The van der Waals surface area contributed by atoms with Gasteiger partial charge < -0.3 is 9.47 Å². The van der Waals surface area contributed by atoms with Crippen molar-refractivity contribution in [3.8, 4) is 22.8 Å². The third kappa shape index (κ3) is 2.08. The van der Waals surface area contributed by atoms with Crippen LogP contribution in [0.3, 0.4) is 0 Å². The fourth-order valence-electron chi connectivity index (χ4n) is 1.72. The number of halogens is 1. The minimum atomic E-state index is 0.611. The number of methoxy groups -OCH3 is 2. The van der Waals surface area contributed by atoms with Gasteiger partial charge in [-0.1, -0.05) is 11.6 Å². The summed E-state index contributed by atoms with van der Waals surface area (Å²) in [5.74, 6) is 1.36. The van der Waals surface area contributed by atoms with Crippen molar-refractivity contribution in [3.05, 3.63) is 29.4 Å². The molecule has 5 heteroatoms. The number of aryl methyl sites for hydroxylation is 1. The van der Waals surface area contributed by atoms with Gasteiger partial charge in [0.1, 0.15) is 0 Å². The molecule has 2 rings (SSSR count). The first-order chi connectivity index (χ1) is 8.17. The minimum Gasteiger partial charge on any atom is -0.493 e. The second-order valence-electron chi connectivity index (χ2n) is 3.53. The van der Waals surface area contributed by atoms with E-state index in [4.69, 9.17) is 21.1 Å². The van der Waals surface area contributed by atoms with Crippen LogP contribution in [0.25, 0.3) is 11.3 Å². The molecular formula is C12H13ClN2O2. The number of rotatable bonds is 3. The second-order valence-corrected chi connectivity index (χ2v) is 3.94. The summed E-state index contributed by atoms with van der Waals surface area (Å²) in [6, 6.07) is 5.64. The van der Waals surface area contributed by atoms with Crippen LogP contribution in [0.2, 0.25) is 5.02 Å². The second kappa shape index (κ2) is 4.67. The van der Waals surface area contributed by atoms with Gasteiger partial charge in [-0.2, -0.15) is 5.10 Å². The van der Waals surface area contributed by atoms with E-state index < -0.39 is 0 Å². The van der Waals surface area contributed by atoms with Crippen LogP contribution in [0.1, 0.15) is 0 Å². The van der Waals surface area contributed by atoms with Gasteiger partial charge in [0, 0.05) is 12.6 Å². The van der Waals surface area contributed by atoms with Gasteiger partial charge >= 0.3 is 0 Å². The molecule has 0 atom stereocenters. The molecule has 1 aromatic carbocycles. The number of hydrogen-bond donors (Lipinski definition) is 0. The van der Waals surface area contributed by atoms with Crippen LogP contribution in [0, 0.1) is 0 Å².